The van der Waals surface area contributed by atoms with Gasteiger partial charge in [-0.1, -0.05) is 13.8 Å². The van der Waals surface area contributed by atoms with Crippen molar-refractivity contribution in [2.75, 3.05) is 18.4 Å². The number of thiazole rings is 1. The fourth-order valence-corrected chi connectivity index (χ4v) is 3.11. The number of nitrogens with zero attached hydrogens (tertiary/aromatic N) is 1. The lowest BCUT2D eigenvalue weighted by Gasteiger charge is -2.08. The number of aryl methyl sites for hydroxylation is 1. The first-order valence-electron chi connectivity index (χ1n) is 6.70. The second kappa shape index (κ2) is 6.21. The van der Waals surface area contributed by atoms with Gasteiger partial charge in [0.2, 0.25) is 5.91 Å². The van der Waals surface area contributed by atoms with E-state index in [0.717, 1.165) is 11.3 Å². The van der Waals surface area contributed by atoms with Crippen LogP contribution in [0.4, 0.5) is 5.13 Å². The minimum absolute atomic E-state index is 0.0798. The lowest BCUT2D eigenvalue weighted by Crippen LogP contribution is -2.32. The zero-order valence-electron chi connectivity index (χ0n) is 11.6. The van der Waals surface area contributed by atoms with E-state index in [-0.39, 0.29) is 12.5 Å². The molecule has 0 spiro atoms. The molecule has 0 radical (unpaired) electrons. The number of carbonyl (C=O) groups is 2. The number of fused-ring (bicyclic) bond motifs is 1. The molecule has 0 aromatic carbocycles. The Morgan fingerprint density at radius 1 is 1.50 bits per heavy atom. The number of rotatable bonds is 6. The van der Waals surface area contributed by atoms with Crippen LogP contribution < -0.4 is 10.6 Å². The predicted molar refractivity (Wildman–Crippen MR) is 77.1 cm³/mol. The van der Waals surface area contributed by atoms with Gasteiger partial charge in [-0.25, -0.2) is 4.98 Å². The number of carbonyl (C=O) groups excluding carboxylic acids is 1. The highest BCUT2D eigenvalue weighted by Crippen LogP contribution is 2.38. The summed E-state index contributed by atoms with van der Waals surface area (Å²) in [6.07, 6.45) is 1.38. The van der Waals surface area contributed by atoms with Gasteiger partial charge in [0, 0.05) is 11.4 Å². The topological polar surface area (TPSA) is 91.3 Å². The number of aromatic nitrogens is 1. The molecule has 0 saturated heterocycles. The Balaban J connectivity index is 1.88. The molecule has 20 heavy (non-hydrogen) atoms. The molecule has 0 aliphatic heterocycles. The number of carboxylic acids is 1. The first-order chi connectivity index (χ1) is 9.47. The average Bonchev–Trinajstić information content (AvgIpc) is 2.92. The third-order valence-corrected chi connectivity index (χ3v) is 4.21. The van der Waals surface area contributed by atoms with Crippen molar-refractivity contribution < 1.29 is 14.7 Å². The number of amides is 1. The number of aliphatic carboxylic acids is 1. The molecule has 2 rings (SSSR count). The summed E-state index contributed by atoms with van der Waals surface area (Å²) in [5, 5.41) is 15.5. The maximum absolute atomic E-state index is 11.6. The Labute approximate surface area is 121 Å². The molecule has 1 unspecified atom stereocenters. The van der Waals surface area contributed by atoms with Gasteiger partial charge in [-0.15, -0.1) is 11.3 Å². The SMILES string of the molecule is CC(C)CNC(=O)CNc1nc2c(s1)CCC2C(=O)O. The quantitative estimate of drug-likeness (QED) is 0.739. The van der Waals surface area contributed by atoms with Crippen molar-refractivity contribution in [1.82, 2.24) is 10.3 Å². The van der Waals surface area contributed by atoms with Crippen LogP contribution in [0.3, 0.4) is 0 Å². The fourth-order valence-electron chi connectivity index (χ4n) is 2.08. The van der Waals surface area contributed by atoms with Gasteiger partial charge in [0.05, 0.1) is 12.2 Å². The van der Waals surface area contributed by atoms with Crippen LogP contribution in [0.25, 0.3) is 0 Å². The van der Waals surface area contributed by atoms with E-state index in [1.54, 1.807) is 0 Å². The lowest BCUT2D eigenvalue weighted by molar-refractivity contribution is -0.138. The Morgan fingerprint density at radius 3 is 2.90 bits per heavy atom. The van der Waals surface area contributed by atoms with Crippen molar-refractivity contribution in [1.29, 1.82) is 0 Å². The normalized spacial score (nSPS) is 17.1. The molecule has 1 amide bonds. The molecule has 1 aromatic heterocycles. The molecule has 6 nitrogen and oxygen atoms in total. The smallest absolute Gasteiger partial charge is 0.312 e. The second-order valence-electron chi connectivity index (χ2n) is 5.31. The van der Waals surface area contributed by atoms with E-state index in [1.165, 1.54) is 11.3 Å². The van der Waals surface area contributed by atoms with Crippen LogP contribution in [0, 0.1) is 5.92 Å². The molecular formula is C13H19N3O3S. The van der Waals surface area contributed by atoms with Crippen molar-refractivity contribution in [3.63, 3.8) is 0 Å². The second-order valence-corrected chi connectivity index (χ2v) is 6.39. The molecule has 1 aromatic rings. The zero-order valence-corrected chi connectivity index (χ0v) is 12.4. The molecule has 0 saturated carbocycles. The largest absolute Gasteiger partial charge is 0.481 e. The maximum atomic E-state index is 11.6. The van der Waals surface area contributed by atoms with E-state index in [2.05, 4.69) is 15.6 Å². The van der Waals surface area contributed by atoms with E-state index >= 15 is 0 Å². The summed E-state index contributed by atoms with van der Waals surface area (Å²) >= 11 is 1.44. The highest BCUT2D eigenvalue weighted by Gasteiger charge is 2.32. The zero-order chi connectivity index (χ0) is 14.7. The Kier molecular flexibility index (Phi) is 4.59. The van der Waals surface area contributed by atoms with Crippen molar-refractivity contribution in [2.24, 2.45) is 5.92 Å². The maximum Gasteiger partial charge on any atom is 0.312 e. The monoisotopic (exact) mass is 297 g/mol. The van der Waals surface area contributed by atoms with Crippen LogP contribution in [0.2, 0.25) is 0 Å². The molecule has 1 heterocycles. The van der Waals surface area contributed by atoms with Gasteiger partial charge in [-0.3, -0.25) is 9.59 Å². The summed E-state index contributed by atoms with van der Waals surface area (Å²) in [4.78, 5) is 28.0. The standard InChI is InChI=1S/C13H19N3O3S/c1-7(2)5-14-10(17)6-15-13-16-11-8(12(18)19)3-4-9(11)20-13/h7-8H,3-6H2,1-2H3,(H,14,17)(H,15,16)(H,18,19). The van der Waals surface area contributed by atoms with Crippen molar-refractivity contribution in [2.45, 2.75) is 32.6 Å². The lowest BCUT2D eigenvalue weighted by atomic mass is 10.1. The van der Waals surface area contributed by atoms with Crippen LogP contribution in [0.1, 0.15) is 36.8 Å². The molecule has 1 aliphatic rings. The molecule has 1 aliphatic carbocycles. The van der Waals surface area contributed by atoms with E-state index < -0.39 is 11.9 Å². The van der Waals surface area contributed by atoms with Gasteiger partial charge < -0.3 is 15.7 Å². The minimum Gasteiger partial charge on any atom is -0.481 e. The van der Waals surface area contributed by atoms with Gasteiger partial charge in [0.1, 0.15) is 5.92 Å². The Hall–Kier alpha value is -1.63. The van der Waals surface area contributed by atoms with Gasteiger partial charge >= 0.3 is 5.97 Å². The van der Waals surface area contributed by atoms with Crippen molar-refractivity contribution in [3.8, 4) is 0 Å². The fraction of sp³-hybridized carbons (Fsp3) is 0.615. The van der Waals surface area contributed by atoms with E-state index in [0.29, 0.717) is 29.7 Å². The summed E-state index contributed by atoms with van der Waals surface area (Å²) in [6, 6.07) is 0. The first kappa shape index (κ1) is 14.8. The van der Waals surface area contributed by atoms with Crippen LogP contribution in [-0.2, 0) is 16.0 Å². The molecule has 3 N–H and O–H groups in total. The summed E-state index contributed by atoms with van der Waals surface area (Å²) in [5.74, 6) is -0.982. The van der Waals surface area contributed by atoms with E-state index in [4.69, 9.17) is 5.11 Å². The van der Waals surface area contributed by atoms with Gasteiger partial charge in [-0.05, 0) is 18.8 Å². The summed E-state index contributed by atoms with van der Waals surface area (Å²) in [6.45, 7) is 4.88. The van der Waals surface area contributed by atoms with Crippen molar-refractivity contribution in [3.05, 3.63) is 10.6 Å². The predicted octanol–water partition coefficient (Wildman–Crippen LogP) is 1.44. The van der Waals surface area contributed by atoms with Crippen LogP contribution in [-0.4, -0.2) is 35.1 Å². The van der Waals surface area contributed by atoms with E-state index in [9.17, 15) is 9.59 Å². The van der Waals surface area contributed by atoms with E-state index in [1.807, 2.05) is 13.8 Å². The summed E-state index contributed by atoms with van der Waals surface area (Å²) < 4.78 is 0. The number of hydrogen-bond acceptors (Lipinski definition) is 5. The number of hydrogen-bond donors (Lipinski definition) is 3. The number of anilines is 1. The average molecular weight is 297 g/mol. The first-order valence-corrected chi connectivity index (χ1v) is 7.52. The van der Waals surface area contributed by atoms with Crippen molar-refractivity contribution >= 4 is 28.3 Å². The molecule has 1 atom stereocenters. The Bertz CT molecular complexity index is 513. The summed E-state index contributed by atoms with van der Waals surface area (Å²) in [7, 11) is 0. The van der Waals surface area contributed by atoms with Gasteiger partial charge in [0.15, 0.2) is 5.13 Å². The molecular weight excluding hydrogens is 278 g/mol. The minimum atomic E-state index is -0.824. The van der Waals surface area contributed by atoms with Crippen LogP contribution >= 0.6 is 11.3 Å². The Morgan fingerprint density at radius 2 is 2.25 bits per heavy atom. The molecule has 0 bridgehead atoms. The van der Waals surface area contributed by atoms with Crippen LogP contribution in [0.5, 0.6) is 0 Å². The highest BCUT2D eigenvalue weighted by atomic mass is 32.1. The molecule has 7 heteroatoms. The highest BCUT2D eigenvalue weighted by molar-refractivity contribution is 7.15. The third-order valence-electron chi connectivity index (χ3n) is 3.12. The third kappa shape index (κ3) is 3.47. The molecule has 0 fully saturated rings. The van der Waals surface area contributed by atoms with Gasteiger partial charge in [0.25, 0.3) is 0 Å². The molecule has 110 valence electrons. The number of carboxylic acid groups (broad SMARTS) is 1. The number of nitrogens with one attached hydrogen (secondary N) is 2. The van der Waals surface area contributed by atoms with Crippen LogP contribution in [0.15, 0.2) is 0 Å². The summed E-state index contributed by atoms with van der Waals surface area (Å²) in [5.41, 5.74) is 0.660. The van der Waals surface area contributed by atoms with Gasteiger partial charge in [-0.2, -0.15) is 0 Å².